The number of hydrogen-bond donors (Lipinski definition) is 0. The normalized spacial score (nSPS) is 12.3. The third-order valence-corrected chi connectivity index (χ3v) is 15.8. The second kappa shape index (κ2) is 14.2. The van der Waals surface area contributed by atoms with Crippen LogP contribution in [0.15, 0.2) is 243 Å². The largest absolute Gasteiger partial charge is 0.0622 e. The summed E-state index contributed by atoms with van der Waals surface area (Å²) in [5, 5.41) is 28.3. The van der Waals surface area contributed by atoms with Crippen LogP contribution >= 0.6 is 0 Å². The summed E-state index contributed by atoms with van der Waals surface area (Å²) in [5.41, 5.74) is 10.00. The van der Waals surface area contributed by atoms with Gasteiger partial charge in [0, 0.05) is 0 Å². The Morgan fingerprint density at radius 2 is 0.371 bits per heavy atom. The SMILES string of the molecule is c1ccc(-c2c3cc4cc5c(-c6ccccc6)c6c7cccc8ccc9cccc(c6c(-c6ccccc6)c5cc4cc3c(-c3ccccc3)c3c4cccc5ccc6cccc(c23)c6c54)c9c87)cc1. The fraction of sp³-hybridized carbons (Fsp3) is 0. The highest BCUT2D eigenvalue weighted by Gasteiger charge is 2.26. The van der Waals surface area contributed by atoms with Crippen LogP contribution in [0, 0.1) is 0 Å². The summed E-state index contributed by atoms with van der Waals surface area (Å²) in [6, 6.07) is 91.7. The van der Waals surface area contributed by atoms with Crippen molar-refractivity contribution in [3.63, 3.8) is 0 Å². The molecule has 0 N–H and O–H groups in total. The van der Waals surface area contributed by atoms with E-state index in [0.717, 1.165) is 0 Å². The molecule has 0 aliphatic carbocycles. The van der Waals surface area contributed by atoms with E-state index in [2.05, 4.69) is 243 Å². The van der Waals surface area contributed by atoms with Gasteiger partial charge in [0.2, 0.25) is 0 Å². The molecule has 0 unspecified atom stereocenters. The van der Waals surface area contributed by atoms with E-state index in [9.17, 15) is 0 Å². The zero-order chi connectivity index (χ0) is 45.6. The van der Waals surface area contributed by atoms with Crippen molar-refractivity contribution in [3.8, 4) is 44.5 Å². The number of fused-ring (bicyclic) bond motifs is 9. The van der Waals surface area contributed by atoms with Crippen molar-refractivity contribution in [2.75, 3.05) is 0 Å². The van der Waals surface area contributed by atoms with Crippen LogP contribution in [0.1, 0.15) is 0 Å². The van der Waals surface area contributed by atoms with Crippen LogP contribution in [0.2, 0.25) is 0 Å². The molecule has 0 atom stereocenters. The van der Waals surface area contributed by atoms with Gasteiger partial charge in [-0.3, -0.25) is 0 Å². The molecule has 16 aromatic carbocycles. The Labute approximate surface area is 403 Å². The Bertz CT molecular complexity index is 4210. The molecule has 320 valence electrons. The maximum atomic E-state index is 2.54. The molecule has 16 aromatic rings. The van der Waals surface area contributed by atoms with E-state index in [1.54, 1.807) is 0 Å². The van der Waals surface area contributed by atoms with Crippen molar-refractivity contribution in [1.29, 1.82) is 0 Å². The van der Waals surface area contributed by atoms with E-state index >= 15 is 0 Å². The van der Waals surface area contributed by atoms with Crippen LogP contribution in [0.3, 0.4) is 0 Å². The molecule has 0 amide bonds. The zero-order valence-electron chi connectivity index (χ0n) is 38.1. The van der Waals surface area contributed by atoms with Gasteiger partial charge in [0.05, 0.1) is 0 Å². The predicted octanol–water partition coefficient (Wildman–Crippen LogP) is 19.9. The minimum atomic E-state index is 1.22. The molecule has 0 aliphatic rings. The van der Waals surface area contributed by atoms with Crippen molar-refractivity contribution in [2.45, 2.75) is 0 Å². The highest BCUT2D eigenvalue weighted by atomic mass is 14.3. The molecular weight excluding hydrogens is 841 g/mol. The van der Waals surface area contributed by atoms with Gasteiger partial charge in [-0.25, -0.2) is 0 Å². The fourth-order valence-electron chi connectivity index (χ4n) is 13.1. The van der Waals surface area contributed by atoms with Crippen molar-refractivity contribution in [3.05, 3.63) is 243 Å². The summed E-state index contributed by atoms with van der Waals surface area (Å²) >= 11 is 0. The molecule has 0 radical (unpaired) electrons. The molecule has 0 spiro atoms. The third-order valence-electron chi connectivity index (χ3n) is 15.8. The van der Waals surface area contributed by atoms with Gasteiger partial charge >= 0.3 is 0 Å². The molecule has 0 saturated heterocycles. The van der Waals surface area contributed by atoms with E-state index in [1.165, 1.54) is 163 Å². The van der Waals surface area contributed by atoms with Gasteiger partial charge in [0.15, 0.2) is 0 Å². The molecule has 70 heavy (non-hydrogen) atoms. The summed E-state index contributed by atoms with van der Waals surface area (Å²) in [5.74, 6) is 0. The highest BCUT2D eigenvalue weighted by molar-refractivity contribution is 6.43. The Morgan fingerprint density at radius 1 is 0.143 bits per heavy atom. The first-order chi connectivity index (χ1) is 34.8. The Balaban J connectivity index is 1.18. The van der Waals surface area contributed by atoms with Crippen LogP contribution in [0.4, 0.5) is 0 Å². The van der Waals surface area contributed by atoms with Crippen molar-refractivity contribution < 1.29 is 0 Å². The number of rotatable bonds is 4. The van der Waals surface area contributed by atoms with Gasteiger partial charge in [0.1, 0.15) is 0 Å². The van der Waals surface area contributed by atoms with Gasteiger partial charge in [-0.15, -0.1) is 0 Å². The first kappa shape index (κ1) is 37.9. The number of benzene rings is 16. The summed E-state index contributed by atoms with van der Waals surface area (Å²) in [6.45, 7) is 0. The lowest BCUT2D eigenvalue weighted by Gasteiger charge is -2.24. The molecule has 0 aliphatic heterocycles. The van der Waals surface area contributed by atoms with Crippen molar-refractivity contribution in [1.82, 2.24) is 0 Å². The number of hydrogen-bond acceptors (Lipinski definition) is 0. The minimum Gasteiger partial charge on any atom is -0.0622 e. The van der Waals surface area contributed by atoms with Gasteiger partial charge in [-0.1, -0.05) is 218 Å². The third kappa shape index (κ3) is 5.09. The maximum absolute atomic E-state index is 2.54. The highest BCUT2D eigenvalue weighted by Crippen LogP contribution is 2.55. The van der Waals surface area contributed by atoms with Crippen LogP contribution in [-0.2, 0) is 0 Å². The predicted molar refractivity (Wildman–Crippen MR) is 303 cm³/mol. The average Bonchev–Trinajstić information content (AvgIpc) is 3.43. The summed E-state index contributed by atoms with van der Waals surface area (Å²) < 4.78 is 0. The standard InChI is InChI=1S/C70H40/c1-5-17-41(18-6-1)63-55-37-49-39-57-58(40-50(49)38-56(55)64(42-19-7-2-8-20-42)68-52-30-14-26-46-34-33-45-25-13-29-51(67(63)68)59(45)60(46)52)66(44-23-11-4-12-24-44)70-54-32-16-28-48-36-35-47-27-15-31-53(61(47)62(48)54)69(70)65(57)43-21-9-3-10-22-43/h1-40H. The van der Waals surface area contributed by atoms with Gasteiger partial charge < -0.3 is 0 Å². The molecular formula is C70H40. The molecule has 0 bridgehead atoms. The Hall–Kier alpha value is -9.10. The fourth-order valence-corrected chi connectivity index (χ4v) is 13.1. The quantitative estimate of drug-likeness (QED) is 0.122. The average molecular weight is 881 g/mol. The van der Waals surface area contributed by atoms with Crippen molar-refractivity contribution >= 4 is 118 Å². The second-order valence-corrected chi connectivity index (χ2v) is 19.4. The minimum absolute atomic E-state index is 1.22. The topological polar surface area (TPSA) is 0 Å². The van der Waals surface area contributed by atoms with Crippen LogP contribution < -0.4 is 0 Å². The summed E-state index contributed by atoms with van der Waals surface area (Å²) in [4.78, 5) is 0. The Kier molecular flexibility index (Phi) is 7.70. The molecule has 0 heterocycles. The summed E-state index contributed by atoms with van der Waals surface area (Å²) in [6.07, 6.45) is 0. The lowest BCUT2D eigenvalue weighted by atomic mass is 9.78. The zero-order valence-corrected chi connectivity index (χ0v) is 38.1. The molecule has 0 heteroatoms. The first-order valence-corrected chi connectivity index (χ1v) is 24.5. The molecule has 16 rings (SSSR count). The van der Waals surface area contributed by atoms with E-state index in [1.807, 2.05) is 0 Å². The molecule has 0 fully saturated rings. The maximum Gasteiger partial charge on any atom is -0.000741 e. The second-order valence-electron chi connectivity index (χ2n) is 19.4. The van der Waals surface area contributed by atoms with E-state index in [0.29, 0.717) is 0 Å². The van der Waals surface area contributed by atoms with Crippen LogP contribution in [0.5, 0.6) is 0 Å². The van der Waals surface area contributed by atoms with Crippen LogP contribution in [0.25, 0.3) is 163 Å². The van der Waals surface area contributed by atoms with Gasteiger partial charge in [-0.05, 0) is 187 Å². The molecule has 0 aromatic heterocycles. The molecule has 0 nitrogen and oxygen atoms in total. The van der Waals surface area contributed by atoms with E-state index in [-0.39, 0.29) is 0 Å². The molecule has 0 saturated carbocycles. The van der Waals surface area contributed by atoms with Crippen molar-refractivity contribution in [2.24, 2.45) is 0 Å². The smallest absolute Gasteiger partial charge is 0.000741 e. The first-order valence-electron chi connectivity index (χ1n) is 24.5. The summed E-state index contributed by atoms with van der Waals surface area (Å²) in [7, 11) is 0. The van der Waals surface area contributed by atoms with E-state index in [4.69, 9.17) is 0 Å². The van der Waals surface area contributed by atoms with Crippen LogP contribution in [-0.4, -0.2) is 0 Å². The van der Waals surface area contributed by atoms with E-state index < -0.39 is 0 Å². The van der Waals surface area contributed by atoms with Gasteiger partial charge in [0.25, 0.3) is 0 Å². The monoisotopic (exact) mass is 880 g/mol. The Morgan fingerprint density at radius 3 is 0.600 bits per heavy atom. The van der Waals surface area contributed by atoms with Gasteiger partial charge in [-0.2, -0.15) is 0 Å². The lowest BCUT2D eigenvalue weighted by Crippen LogP contribution is -1.96. The lowest BCUT2D eigenvalue weighted by molar-refractivity contribution is 1.66.